The van der Waals surface area contributed by atoms with E-state index in [1.165, 1.54) is 25.3 Å². The molecule has 0 fully saturated rings. The highest BCUT2D eigenvalue weighted by Gasteiger charge is 2.19. The number of rotatable bonds is 10. The van der Waals surface area contributed by atoms with Gasteiger partial charge in [0.2, 0.25) is 0 Å². The van der Waals surface area contributed by atoms with Crippen LogP contribution >= 0.6 is 0 Å². The molecular formula is C20H27NO4S. The average molecular weight is 378 g/mol. The third-order valence-electron chi connectivity index (χ3n) is 4.19. The van der Waals surface area contributed by atoms with Gasteiger partial charge in [-0.1, -0.05) is 50.8 Å². The summed E-state index contributed by atoms with van der Waals surface area (Å²) < 4.78 is 30.2. The van der Waals surface area contributed by atoms with E-state index in [1.807, 2.05) is 6.92 Å². The van der Waals surface area contributed by atoms with E-state index in [0.717, 1.165) is 12.8 Å². The van der Waals surface area contributed by atoms with Crippen LogP contribution in [0, 0.1) is 0 Å². The number of hydrogen-bond donors (Lipinski definition) is 1. The summed E-state index contributed by atoms with van der Waals surface area (Å²) in [6.07, 6.45) is 5.55. The van der Waals surface area contributed by atoms with Crippen LogP contribution in [-0.4, -0.2) is 20.4 Å². The van der Waals surface area contributed by atoms with E-state index in [2.05, 4.69) is 12.2 Å². The molecule has 0 aliphatic rings. The summed E-state index contributed by atoms with van der Waals surface area (Å²) in [6.45, 7) is 4.13. The number of unbranched alkanes of at least 4 members (excludes halogenated alkanes) is 3. The first-order chi connectivity index (χ1) is 12.4. The molecule has 0 bridgehead atoms. The molecule has 5 nitrogen and oxygen atoms in total. The van der Waals surface area contributed by atoms with Crippen LogP contribution in [0.15, 0.2) is 51.8 Å². The van der Waals surface area contributed by atoms with Gasteiger partial charge in [-0.2, -0.15) is 0 Å². The van der Waals surface area contributed by atoms with E-state index in [9.17, 15) is 13.2 Å². The zero-order chi connectivity index (χ0) is 19.0. The van der Waals surface area contributed by atoms with Crippen LogP contribution in [-0.2, 0) is 15.6 Å². The Bertz CT molecular complexity index is 796. The van der Waals surface area contributed by atoms with Gasteiger partial charge in [-0.05, 0) is 37.6 Å². The summed E-state index contributed by atoms with van der Waals surface area (Å²) in [5.74, 6) is -0.175. The normalized spacial score (nSPS) is 12.7. The van der Waals surface area contributed by atoms with E-state index in [1.54, 1.807) is 36.4 Å². The lowest BCUT2D eigenvalue weighted by Crippen LogP contribution is -2.32. The summed E-state index contributed by atoms with van der Waals surface area (Å²) >= 11 is 0. The van der Waals surface area contributed by atoms with Gasteiger partial charge in [-0.25, -0.2) is 8.42 Å². The average Bonchev–Trinajstić information content (AvgIpc) is 3.07. The van der Waals surface area contributed by atoms with E-state index < -0.39 is 9.84 Å². The second-order valence-corrected chi connectivity index (χ2v) is 8.55. The Morgan fingerprint density at radius 1 is 1.08 bits per heavy atom. The van der Waals surface area contributed by atoms with Gasteiger partial charge in [0, 0.05) is 6.04 Å². The zero-order valence-corrected chi connectivity index (χ0v) is 16.2. The number of benzene rings is 1. The molecule has 1 amide bonds. The maximum absolute atomic E-state index is 12.4. The first kappa shape index (κ1) is 20.2. The minimum Gasteiger partial charge on any atom is -0.455 e. The van der Waals surface area contributed by atoms with Crippen molar-refractivity contribution in [3.63, 3.8) is 0 Å². The molecule has 142 valence electrons. The van der Waals surface area contributed by atoms with Crippen molar-refractivity contribution in [3.8, 4) is 0 Å². The molecule has 2 aromatic rings. The summed E-state index contributed by atoms with van der Waals surface area (Å²) in [7, 11) is -3.49. The van der Waals surface area contributed by atoms with Gasteiger partial charge in [0.25, 0.3) is 5.91 Å². The molecule has 2 rings (SSSR count). The van der Waals surface area contributed by atoms with Crippen LogP contribution < -0.4 is 5.32 Å². The molecule has 0 saturated carbocycles. The number of furan rings is 1. The first-order valence-electron chi connectivity index (χ1n) is 9.09. The van der Waals surface area contributed by atoms with Crippen molar-refractivity contribution in [2.24, 2.45) is 0 Å². The molecule has 0 aliphatic carbocycles. The van der Waals surface area contributed by atoms with Gasteiger partial charge >= 0.3 is 0 Å². The maximum atomic E-state index is 12.4. The lowest BCUT2D eigenvalue weighted by molar-refractivity contribution is 0.0908. The van der Waals surface area contributed by atoms with Crippen molar-refractivity contribution < 1.29 is 17.6 Å². The molecule has 0 saturated heterocycles. The Morgan fingerprint density at radius 2 is 1.81 bits per heavy atom. The van der Waals surface area contributed by atoms with Crippen LogP contribution in [0.5, 0.6) is 0 Å². The Balaban J connectivity index is 1.91. The largest absolute Gasteiger partial charge is 0.455 e. The number of carbonyl (C=O) groups is 1. The van der Waals surface area contributed by atoms with Crippen molar-refractivity contribution in [1.82, 2.24) is 5.32 Å². The van der Waals surface area contributed by atoms with Gasteiger partial charge in [-0.3, -0.25) is 4.79 Å². The van der Waals surface area contributed by atoms with Crippen molar-refractivity contribution in [2.75, 3.05) is 0 Å². The topological polar surface area (TPSA) is 76.4 Å². The monoisotopic (exact) mass is 377 g/mol. The lowest BCUT2D eigenvalue weighted by atomic mass is 10.1. The van der Waals surface area contributed by atoms with Gasteiger partial charge in [0.15, 0.2) is 15.6 Å². The predicted octanol–water partition coefficient (Wildman–Crippen LogP) is 4.34. The van der Waals surface area contributed by atoms with Gasteiger partial charge < -0.3 is 9.73 Å². The van der Waals surface area contributed by atoms with Crippen molar-refractivity contribution in [3.05, 3.63) is 54.0 Å². The minimum atomic E-state index is -3.49. The second-order valence-electron chi connectivity index (χ2n) is 6.56. The van der Waals surface area contributed by atoms with Crippen LogP contribution in [0.2, 0.25) is 0 Å². The molecule has 1 aromatic carbocycles. The molecule has 1 unspecified atom stereocenters. The van der Waals surface area contributed by atoms with Gasteiger partial charge in [-0.15, -0.1) is 0 Å². The van der Waals surface area contributed by atoms with Gasteiger partial charge in [0.05, 0.1) is 4.90 Å². The second kappa shape index (κ2) is 9.57. The third kappa shape index (κ3) is 6.02. The van der Waals surface area contributed by atoms with Crippen LogP contribution in [0.3, 0.4) is 0 Å². The maximum Gasteiger partial charge on any atom is 0.287 e. The Morgan fingerprint density at radius 3 is 2.50 bits per heavy atom. The third-order valence-corrected chi connectivity index (χ3v) is 5.84. The van der Waals surface area contributed by atoms with Crippen LogP contribution in [0.4, 0.5) is 0 Å². The van der Waals surface area contributed by atoms with E-state index >= 15 is 0 Å². The van der Waals surface area contributed by atoms with Crippen molar-refractivity contribution in [2.45, 2.75) is 62.6 Å². The molecule has 0 aliphatic heterocycles. The fraction of sp³-hybridized carbons (Fsp3) is 0.450. The summed E-state index contributed by atoms with van der Waals surface area (Å²) in [4.78, 5) is 12.5. The van der Waals surface area contributed by atoms with E-state index in [-0.39, 0.29) is 34.1 Å². The Kier molecular flexibility index (Phi) is 7.45. The SMILES string of the molecule is CCCCCCC(C)NC(=O)c1ccc(CS(=O)(=O)c2ccccc2)o1. The van der Waals surface area contributed by atoms with Crippen LogP contribution in [0.1, 0.15) is 62.3 Å². The van der Waals surface area contributed by atoms with E-state index in [4.69, 9.17) is 4.42 Å². The van der Waals surface area contributed by atoms with Crippen LogP contribution in [0.25, 0.3) is 0 Å². The highest BCUT2D eigenvalue weighted by atomic mass is 32.2. The minimum absolute atomic E-state index is 0.0564. The molecule has 1 atom stereocenters. The lowest BCUT2D eigenvalue weighted by Gasteiger charge is -2.12. The fourth-order valence-electron chi connectivity index (χ4n) is 2.72. The number of hydrogen-bond acceptors (Lipinski definition) is 4. The standard InChI is InChI=1S/C20H27NO4S/c1-3-4-5-7-10-16(2)21-20(22)19-14-13-17(25-19)15-26(23,24)18-11-8-6-9-12-18/h6,8-9,11-14,16H,3-5,7,10,15H2,1-2H3,(H,21,22). The molecule has 1 aromatic heterocycles. The first-order valence-corrected chi connectivity index (χ1v) is 10.7. The van der Waals surface area contributed by atoms with Crippen molar-refractivity contribution >= 4 is 15.7 Å². The van der Waals surface area contributed by atoms with E-state index in [0.29, 0.717) is 0 Å². The summed E-state index contributed by atoms with van der Waals surface area (Å²) in [5.41, 5.74) is 0. The highest BCUT2D eigenvalue weighted by Crippen LogP contribution is 2.18. The molecular weight excluding hydrogens is 350 g/mol. The van der Waals surface area contributed by atoms with Gasteiger partial charge in [0.1, 0.15) is 11.5 Å². The number of nitrogens with one attached hydrogen (secondary N) is 1. The van der Waals surface area contributed by atoms with Crippen molar-refractivity contribution in [1.29, 1.82) is 0 Å². The molecule has 1 N–H and O–H groups in total. The number of amides is 1. The molecule has 0 radical (unpaired) electrons. The Hall–Kier alpha value is -2.08. The zero-order valence-electron chi connectivity index (χ0n) is 15.4. The molecule has 6 heteroatoms. The molecule has 26 heavy (non-hydrogen) atoms. The summed E-state index contributed by atoms with van der Waals surface area (Å²) in [5, 5.41) is 2.90. The quantitative estimate of drug-likeness (QED) is 0.625. The summed E-state index contributed by atoms with van der Waals surface area (Å²) in [6, 6.07) is 11.3. The predicted molar refractivity (Wildman–Crippen MR) is 102 cm³/mol. The number of sulfone groups is 1. The smallest absolute Gasteiger partial charge is 0.287 e. The Labute approximate surface area is 155 Å². The highest BCUT2D eigenvalue weighted by molar-refractivity contribution is 7.90. The number of carbonyl (C=O) groups excluding carboxylic acids is 1. The fourth-order valence-corrected chi connectivity index (χ4v) is 3.99. The molecule has 0 spiro atoms. The molecule has 1 heterocycles.